The van der Waals surface area contributed by atoms with E-state index in [0.717, 1.165) is 25.7 Å². The van der Waals surface area contributed by atoms with Crippen LogP contribution in [0.3, 0.4) is 0 Å². The summed E-state index contributed by atoms with van der Waals surface area (Å²) in [6.45, 7) is 2.32. The molecule has 114 valence electrons. The van der Waals surface area contributed by atoms with Crippen LogP contribution in [0.5, 0.6) is 0 Å². The van der Waals surface area contributed by atoms with E-state index in [4.69, 9.17) is 11.6 Å². The number of aryl methyl sites for hydroxylation is 1. The van der Waals surface area contributed by atoms with Crippen LogP contribution in [0.1, 0.15) is 41.6 Å². The predicted octanol–water partition coefficient (Wildman–Crippen LogP) is 3.43. The monoisotopic (exact) mass is 310 g/mol. The lowest BCUT2D eigenvalue weighted by Gasteiger charge is -2.25. The highest BCUT2D eigenvalue weighted by Gasteiger charge is 2.21. The highest BCUT2D eigenvalue weighted by Crippen LogP contribution is 2.27. The van der Waals surface area contributed by atoms with Crippen LogP contribution >= 0.6 is 11.6 Å². The van der Waals surface area contributed by atoms with E-state index in [2.05, 4.69) is 5.32 Å². The summed E-state index contributed by atoms with van der Waals surface area (Å²) in [4.78, 5) is 22.4. The molecule has 1 aliphatic carbocycles. The maximum absolute atomic E-state index is 12.2. The van der Waals surface area contributed by atoms with Crippen molar-refractivity contribution in [2.24, 2.45) is 5.92 Å². The first-order valence-electron chi connectivity index (χ1n) is 7.14. The second-order valence-electron chi connectivity index (χ2n) is 5.60. The van der Waals surface area contributed by atoms with Gasteiger partial charge >= 0.3 is 0 Å². The molecule has 2 rings (SSSR count). The summed E-state index contributed by atoms with van der Waals surface area (Å²) in [6, 6.07) is 4.29. The van der Waals surface area contributed by atoms with Gasteiger partial charge in [-0.2, -0.15) is 0 Å². The molecule has 1 fully saturated rings. The van der Waals surface area contributed by atoms with Gasteiger partial charge in [-0.1, -0.05) is 6.42 Å². The van der Waals surface area contributed by atoms with Crippen LogP contribution in [0.15, 0.2) is 18.2 Å². The summed E-state index contributed by atoms with van der Waals surface area (Å²) in [7, 11) is 0. The van der Waals surface area contributed by atoms with Crippen LogP contribution in [0, 0.1) is 23.0 Å². The van der Waals surface area contributed by atoms with Gasteiger partial charge in [-0.25, -0.2) is 0 Å². The van der Waals surface area contributed by atoms with Crippen molar-refractivity contribution < 1.29 is 9.72 Å². The number of nitro groups is 1. The molecule has 1 N–H and O–H groups in total. The SMILES string of the molecule is Cc1cc([N+](=O)[O-])ccc1C(=O)NCC1CCCC(Cl)C1. The van der Waals surface area contributed by atoms with Crippen molar-refractivity contribution in [2.45, 2.75) is 38.0 Å². The van der Waals surface area contributed by atoms with Crippen molar-refractivity contribution in [2.75, 3.05) is 6.54 Å². The van der Waals surface area contributed by atoms with Gasteiger partial charge in [-0.3, -0.25) is 14.9 Å². The molecule has 1 aromatic carbocycles. The Morgan fingerprint density at radius 1 is 1.48 bits per heavy atom. The summed E-state index contributed by atoms with van der Waals surface area (Å²) in [6.07, 6.45) is 4.17. The molecule has 5 nitrogen and oxygen atoms in total. The number of nitrogens with zero attached hydrogens (tertiary/aromatic N) is 1. The van der Waals surface area contributed by atoms with Crippen molar-refractivity contribution in [1.82, 2.24) is 5.32 Å². The second-order valence-corrected chi connectivity index (χ2v) is 6.21. The summed E-state index contributed by atoms with van der Waals surface area (Å²) in [5, 5.41) is 13.8. The second kappa shape index (κ2) is 6.89. The van der Waals surface area contributed by atoms with E-state index in [0.29, 0.717) is 23.6 Å². The third-order valence-corrected chi connectivity index (χ3v) is 4.33. The number of carbonyl (C=O) groups excluding carboxylic acids is 1. The van der Waals surface area contributed by atoms with Crippen molar-refractivity contribution in [3.05, 3.63) is 39.4 Å². The third kappa shape index (κ3) is 4.17. The van der Waals surface area contributed by atoms with Gasteiger partial charge in [-0.05, 0) is 43.7 Å². The predicted molar refractivity (Wildman–Crippen MR) is 81.8 cm³/mol. The van der Waals surface area contributed by atoms with Crippen LogP contribution in [-0.4, -0.2) is 22.8 Å². The Hall–Kier alpha value is -1.62. The maximum atomic E-state index is 12.2. The average Bonchev–Trinajstić information content (AvgIpc) is 2.44. The average molecular weight is 311 g/mol. The molecule has 2 unspecified atom stereocenters. The first-order valence-corrected chi connectivity index (χ1v) is 7.58. The van der Waals surface area contributed by atoms with Gasteiger partial charge in [0.15, 0.2) is 0 Å². The molecule has 0 aromatic heterocycles. The largest absolute Gasteiger partial charge is 0.352 e. The molecule has 0 radical (unpaired) electrons. The Bertz CT molecular complexity index is 548. The minimum atomic E-state index is -0.461. The zero-order valence-corrected chi connectivity index (χ0v) is 12.7. The fourth-order valence-electron chi connectivity index (χ4n) is 2.76. The third-order valence-electron chi connectivity index (χ3n) is 3.94. The number of hydrogen-bond acceptors (Lipinski definition) is 3. The number of rotatable bonds is 4. The number of hydrogen-bond donors (Lipinski definition) is 1. The summed E-state index contributed by atoms with van der Waals surface area (Å²) >= 11 is 6.14. The van der Waals surface area contributed by atoms with E-state index in [-0.39, 0.29) is 17.0 Å². The van der Waals surface area contributed by atoms with Gasteiger partial charge in [0.2, 0.25) is 0 Å². The Morgan fingerprint density at radius 3 is 2.86 bits per heavy atom. The molecule has 0 bridgehead atoms. The lowest BCUT2D eigenvalue weighted by atomic mass is 9.89. The summed E-state index contributed by atoms with van der Waals surface area (Å²) in [5.41, 5.74) is 1.10. The number of benzene rings is 1. The molecule has 1 amide bonds. The number of nitro benzene ring substituents is 1. The summed E-state index contributed by atoms with van der Waals surface area (Å²) in [5.74, 6) is 0.239. The van der Waals surface area contributed by atoms with Gasteiger partial charge in [0.05, 0.1) is 4.92 Å². The molecule has 1 saturated carbocycles. The number of halogens is 1. The molecule has 21 heavy (non-hydrogen) atoms. The fourth-order valence-corrected chi connectivity index (χ4v) is 3.17. The number of non-ortho nitro benzene ring substituents is 1. The van der Waals surface area contributed by atoms with Crippen LogP contribution in [0.25, 0.3) is 0 Å². The minimum Gasteiger partial charge on any atom is -0.352 e. The van der Waals surface area contributed by atoms with Gasteiger partial charge < -0.3 is 5.32 Å². The number of carbonyl (C=O) groups is 1. The fraction of sp³-hybridized carbons (Fsp3) is 0.533. The number of alkyl halides is 1. The van der Waals surface area contributed by atoms with E-state index in [1.54, 1.807) is 6.92 Å². The number of amides is 1. The van der Waals surface area contributed by atoms with Gasteiger partial charge in [-0.15, -0.1) is 11.6 Å². The van der Waals surface area contributed by atoms with Crippen LogP contribution in [0.2, 0.25) is 0 Å². The highest BCUT2D eigenvalue weighted by molar-refractivity contribution is 6.20. The topological polar surface area (TPSA) is 72.2 Å². The summed E-state index contributed by atoms with van der Waals surface area (Å²) < 4.78 is 0. The van der Waals surface area contributed by atoms with Crippen LogP contribution in [-0.2, 0) is 0 Å². The molecule has 0 saturated heterocycles. The van der Waals surface area contributed by atoms with Crippen molar-refractivity contribution in [3.8, 4) is 0 Å². The Balaban J connectivity index is 1.95. The lowest BCUT2D eigenvalue weighted by molar-refractivity contribution is -0.384. The lowest BCUT2D eigenvalue weighted by Crippen LogP contribution is -2.32. The molecular weight excluding hydrogens is 292 g/mol. The van der Waals surface area contributed by atoms with E-state index in [1.165, 1.54) is 18.2 Å². The van der Waals surface area contributed by atoms with Crippen LogP contribution < -0.4 is 5.32 Å². The molecule has 0 spiro atoms. The molecule has 2 atom stereocenters. The first-order chi connectivity index (χ1) is 9.97. The van der Waals surface area contributed by atoms with Crippen LogP contribution in [0.4, 0.5) is 5.69 Å². The molecule has 0 heterocycles. The van der Waals surface area contributed by atoms with Crippen molar-refractivity contribution in [3.63, 3.8) is 0 Å². The van der Waals surface area contributed by atoms with Crippen molar-refractivity contribution in [1.29, 1.82) is 0 Å². The normalized spacial score (nSPS) is 21.8. The van der Waals surface area contributed by atoms with Gasteiger partial charge in [0.25, 0.3) is 11.6 Å². The van der Waals surface area contributed by atoms with E-state index >= 15 is 0 Å². The maximum Gasteiger partial charge on any atom is 0.269 e. The zero-order chi connectivity index (χ0) is 15.4. The molecule has 6 heteroatoms. The number of nitrogens with one attached hydrogen (secondary N) is 1. The highest BCUT2D eigenvalue weighted by atomic mass is 35.5. The zero-order valence-electron chi connectivity index (χ0n) is 12.0. The Morgan fingerprint density at radius 2 is 2.24 bits per heavy atom. The standard InChI is InChI=1S/C15H19ClN2O3/c1-10-7-13(18(20)21)5-6-14(10)15(19)17-9-11-3-2-4-12(16)8-11/h5-7,11-12H,2-4,8-9H2,1H3,(H,17,19). The van der Waals surface area contributed by atoms with E-state index in [9.17, 15) is 14.9 Å². The molecular formula is C15H19ClN2O3. The van der Waals surface area contributed by atoms with Gasteiger partial charge in [0.1, 0.15) is 0 Å². The molecule has 1 aliphatic rings. The quantitative estimate of drug-likeness (QED) is 0.526. The van der Waals surface area contributed by atoms with Gasteiger partial charge in [0, 0.05) is 29.6 Å². The smallest absolute Gasteiger partial charge is 0.269 e. The van der Waals surface area contributed by atoms with E-state index < -0.39 is 4.92 Å². The Labute approximate surface area is 128 Å². The minimum absolute atomic E-state index is 0.00122. The van der Waals surface area contributed by atoms with E-state index in [1.807, 2.05) is 0 Å². The molecule has 0 aliphatic heterocycles. The van der Waals surface area contributed by atoms with Crippen molar-refractivity contribution >= 4 is 23.2 Å². The Kier molecular flexibility index (Phi) is 5.17. The first kappa shape index (κ1) is 15.8. The molecule has 1 aromatic rings.